The Balaban J connectivity index is 1.76. The lowest BCUT2D eigenvalue weighted by Crippen LogP contribution is -2.08. The van der Waals surface area contributed by atoms with E-state index in [4.69, 9.17) is 14.2 Å². The van der Waals surface area contributed by atoms with Crippen LogP contribution in [0.15, 0.2) is 53.2 Å². The van der Waals surface area contributed by atoms with Crippen LogP contribution in [0.5, 0.6) is 0 Å². The van der Waals surface area contributed by atoms with Gasteiger partial charge in [0.1, 0.15) is 18.1 Å². The van der Waals surface area contributed by atoms with E-state index in [-0.39, 0.29) is 12.6 Å². The molecule has 0 saturated heterocycles. The van der Waals surface area contributed by atoms with Crippen LogP contribution in [0.25, 0.3) is 22.3 Å². The van der Waals surface area contributed by atoms with E-state index in [1.807, 2.05) is 44.2 Å². The molecule has 0 amide bonds. The second-order valence-corrected chi connectivity index (χ2v) is 6.85. The van der Waals surface area contributed by atoms with Gasteiger partial charge in [0.05, 0.1) is 22.8 Å². The van der Waals surface area contributed by atoms with Crippen molar-refractivity contribution in [3.63, 3.8) is 0 Å². The van der Waals surface area contributed by atoms with Crippen molar-refractivity contribution in [3.8, 4) is 11.3 Å². The largest absolute Gasteiger partial charge is 0.455 e. The van der Waals surface area contributed by atoms with E-state index in [2.05, 4.69) is 10.3 Å². The van der Waals surface area contributed by atoms with Crippen molar-refractivity contribution in [1.29, 1.82) is 0 Å². The van der Waals surface area contributed by atoms with E-state index < -0.39 is 5.97 Å². The van der Waals surface area contributed by atoms with E-state index >= 15 is 0 Å². The van der Waals surface area contributed by atoms with E-state index in [1.165, 1.54) is 0 Å². The van der Waals surface area contributed by atoms with E-state index in [0.29, 0.717) is 33.7 Å². The molecule has 0 atom stereocenters. The van der Waals surface area contributed by atoms with Crippen LogP contribution in [0.1, 0.15) is 41.7 Å². The van der Waals surface area contributed by atoms with Gasteiger partial charge >= 0.3 is 5.97 Å². The van der Waals surface area contributed by atoms with Crippen LogP contribution in [0.4, 0.5) is 0 Å². The van der Waals surface area contributed by atoms with E-state index in [1.54, 1.807) is 29.9 Å². The molecule has 7 nitrogen and oxygen atoms in total. The van der Waals surface area contributed by atoms with Gasteiger partial charge in [0.15, 0.2) is 5.65 Å². The van der Waals surface area contributed by atoms with Crippen LogP contribution in [-0.4, -0.2) is 25.9 Å². The maximum absolute atomic E-state index is 12.9. The zero-order valence-electron chi connectivity index (χ0n) is 15.9. The van der Waals surface area contributed by atoms with Crippen molar-refractivity contribution < 1.29 is 14.1 Å². The molecule has 1 aromatic carbocycles. The zero-order valence-corrected chi connectivity index (χ0v) is 15.9. The minimum absolute atomic E-state index is 0.0407. The molecule has 3 aromatic heterocycles. The Hall–Kier alpha value is -3.48. The number of hydrogen-bond donors (Lipinski definition) is 0. The molecule has 0 N–H and O–H groups in total. The van der Waals surface area contributed by atoms with Crippen LogP contribution in [-0.2, 0) is 11.3 Å². The van der Waals surface area contributed by atoms with Crippen LogP contribution in [0.3, 0.4) is 0 Å². The predicted molar refractivity (Wildman–Crippen MR) is 104 cm³/mol. The number of ether oxygens (including phenoxy) is 1. The second-order valence-electron chi connectivity index (χ2n) is 6.85. The summed E-state index contributed by atoms with van der Waals surface area (Å²) in [4.78, 5) is 17.6. The van der Waals surface area contributed by atoms with Gasteiger partial charge < -0.3 is 9.26 Å². The van der Waals surface area contributed by atoms with Crippen LogP contribution in [0, 0.1) is 6.92 Å². The number of carbonyl (C=O) groups is 1. The number of esters is 1. The Morgan fingerprint density at radius 3 is 2.68 bits per heavy atom. The smallest absolute Gasteiger partial charge is 0.339 e. The van der Waals surface area contributed by atoms with Crippen molar-refractivity contribution in [1.82, 2.24) is 19.9 Å². The molecule has 0 aliphatic carbocycles. The highest BCUT2D eigenvalue weighted by Gasteiger charge is 2.20. The second kappa shape index (κ2) is 7.26. The van der Waals surface area contributed by atoms with Crippen molar-refractivity contribution in [3.05, 3.63) is 65.7 Å². The maximum atomic E-state index is 12.9. The van der Waals surface area contributed by atoms with Gasteiger partial charge in [-0.15, -0.1) is 0 Å². The molecular formula is C21H20N4O3. The molecule has 0 fully saturated rings. The lowest BCUT2D eigenvalue weighted by Gasteiger charge is -2.10. The highest BCUT2D eigenvalue weighted by atomic mass is 16.5. The molecule has 4 aromatic rings. The van der Waals surface area contributed by atoms with Gasteiger partial charge in [-0.2, -0.15) is 5.10 Å². The number of rotatable bonds is 5. The average Bonchev–Trinajstić information content (AvgIpc) is 3.32. The predicted octanol–water partition coefficient (Wildman–Crippen LogP) is 4.33. The highest BCUT2D eigenvalue weighted by molar-refractivity contribution is 6.03. The normalized spacial score (nSPS) is 11.3. The van der Waals surface area contributed by atoms with Crippen LogP contribution >= 0.6 is 0 Å². The molecule has 0 aliphatic heterocycles. The minimum Gasteiger partial charge on any atom is -0.455 e. The Morgan fingerprint density at radius 2 is 2.00 bits per heavy atom. The van der Waals surface area contributed by atoms with Gasteiger partial charge in [-0.1, -0.05) is 35.5 Å². The first-order valence-electron chi connectivity index (χ1n) is 9.06. The first kappa shape index (κ1) is 17.9. The fourth-order valence-electron chi connectivity index (χ4n) is 3.02. The van der Waals surface area contributed by atoms with E-state index in [0.717, 1.165) is 5.56 Å². The summed E-state index contributed by atoms with van der Waals surface area (Å²) in [7, 11) is 0. The van der Waals surface area contributed by atoms with Crippen LogP contribution in [0.2, 0.25) is 0 Å². The third kappa shape index (κ3) is 3.38. The topological polar surface area (TPSA) is 83.0 Å². The fraction of sp³-hybridized carbons (Fsp3) is 0.238. The van der Waals surface area contributed by atoms with E-state index in [9.17, 15) is 4.79 Å². The standard InChI is InChI=1S/C21H20N4O3/c1-13(2)25-20-18(11-22-25)17(10-19(23-20)15-7-5-4-6-8-15)21(26)27-12-16-9-14(3)28-24-16/h4-11,13H,12H2,1-3H3. The summed E-state index contributed by atoms with van der Waals surface area (Å²) in [6.07, 6.45) is 1.66. The monoisotopic (exact) mass is 376 g/mol. The third-order valence-electron chi connectivity index (χ3n) is 4.37. The van der Waals surface area contributed by atoms with Crippen molar-refractivity contribution in [2.24, 2.45) is 0 Å². The first-order valence-corrected chi connectivity index (χ1v) is 9.06. The number of aromatic nitrogens is 4. The Bertz CT molecular complexity index is 1130. The molecule has 7 heteroatoms. The highest BCUT2D eigenvalue weighted by Crippen LogP contribution is 2.27. The average molecular weight is 376 g/mol. The zero-order chi connectivity index (χ0) is 19.7. The summed E-state index contributed by atoms with van der Waals surface area (Å²) in [6, 6.07) is 13.3. The lowest BCUT2D eigenvalue weighted by atomic mass is 10.1. The SMILES string of the molecule is Cc1cc(COC(=O)c2cc(-c3ccccc3)nc3c2cnn3C(C)C)no1. The number of carbonyl (C=O) groups excluding carboxylic acids is 1. The molecule has 3 heterocycles. The molecular weight excluding hydrogens is 356 g/mol. The number of nitrogens with zero attached hydrogens (tertiary/aromatic N) is 4. The number of benzene rings is 1. The molecule has 0 spiro atoms. The quantitative estimate of drug-likeness (QED) is 0.482. The molecule has 0 radical (unpaired) electrons. The van der Waals surface area contributed by atoms with Gasteiger partial charge in [0, 0.05) is 17.7 Å². The third-order valence-corrected chi connectivity index (χ3v) is 4.37. The van der Waals surface area contributed by atoms with Crippen molar-refractivity contribution >= 4 is 17.0 Å². The van der Waals surface area contributed by atoms with Crippen molar-refractivity contribution in [2.75, 3.05) is 0 Å². The van der Waals surface area contributed by atoms with Gasteiger partial charge in [-0.05, 0) is 26.8 Å². The molecule has 0 bridgehead atoms. The molecule has 0 unspecified atom stereocenters. The summed E-state index contributed by atoms with van der Waals surface area (Å²) in [5.41, 5.74) is 3.26. The number of hydrogen-bond acceptors (Lipinski definition) is 6. The Labute approximate surface area is 161 Å². The summed E-state index contributed by atoms with van der Waals surface area (Å²) < 4.78 is 12.3. The molecule has 142 valence electrons. The Kier molecular flexibility index (Phi) is 4.65. The summed E-state index contributed by atoms with van der Waals surface area (Å²) >= 11 is 0. The maximum Gasteiger partial charge on any atom is 0.339 e. The van der Waals surface area contributed by atoms with Crippen LogP contribution < -0.4 is 0 Å². The molecule has 0 aliphatic rings. The van der Waals surface area contributed by atoms with Gasteiger partial charge in [-0.3, -0.25) is 0 Å². The fourth-order valence-corrected chi connectivity index (χ4v) is 3.02. The summed E-state index contributed by atoms with van der Waals surface area (Å²) in [5, 5.41) is 8.93. The number of aryl methyl sites for hydroxylation is 1. The lowest BCUT2D eigenvalue weighted by molar-refractivity contribution is 0.0466. The van der Waals surface area contributed by atoms with Gasteiger partial charge in [0.25, 0.3) is 0 Å². The van der Waals surface area contributed by atoms with Crippen molar-refractivity contribution in [2.45, 2.75) is 33.4 Å². The summed E-state index contributed by atoms with van der Waals surface area (Å²) in [5.74, 6) is 0.218. The number of fused-ring (bicyclic) bond motifs is 1. The Morgan fingerprint density at radius 1 is 1.21 bits per heavy atom. The minimum atomic E-state index is -0.450. The van der Waals surface area contributed by atoms with Gasteiger partial charge in [0.2, 0.25) is 0 Å². The molecule has 4 rings (SSSR count). The summed E-state index contributed by atoms with van der Waals surface area (Å²) in [6.45, 7) is 5.87. The number of pyridine rings is 1. The van der Waals surface area contributed by atoms with Gasteiger partial charge in [-0.25, -0.2) is 14.5 Å². The first-order chi connectivity index (χ1) is 13.5. The molecule has 28 heavy (non-hydrogen) atoms. The molecule has 0 saturated carbocycles.